The second-order valence-corrected chi connectivity index (χ2v) is 9.60. The number of methoxy groups -OCH3 is 1. The summed E-state index contributed by atoms with van der Waals surface area (Å²) >= 11 is 6.10. The van der Waals surface area contributed by atoms with Gasteiger partial charge in [0, 0.05) is 5.92 Å². The molecule has 0 spiro atoms. The highest BCUT2D eigenvalue weighted by Gasteiger charge is 2.43. The van der Waals surface area contributed by atoms with Gasteiger partial charge in [-0.15, -0.1) is 0 Å². The molecule has 2 atom stereocenters. The molecule has 1 unspecified atom stereocenters. The van der Waals surface area contributed by atoms with Gasteiger partial charge < -0.3 is 9.47 Å². The van der Waals surface area contributed by atoms with Crippen LogP contribution in [0.1, 0.15) is 39.5 Å². The number of hydrogen-bond donors (Lipinski definition) is 0. The summed E-state index contributed by atoms with van der Waals surface area (Å²) in [7, 11) is -3.41. The molecule has 0 heterocycles. The fourth-order valence-corrected chi connectivity index (χ4v) is 5.76. The van der Waals surface area contributed by atoms with Crippen LogP contribution in [-0.2, 0) is 33.9 Å². The highest BCUT2D eigenvalue weighted by atomic mass is 35.5. The van der Waals surface area contributed by atoms with Crippen LogP contribution in [0.2, 0.25) is 5.02 Å². The quantitative estimate of drug-likeness (QED) is 0.515. The van der Waals surface area contributed by atoms with Gasteiger partial charge in [0.2, 0.25) is 15.9 Å². The van der Waals surface area contributed by atoms with Crippen molar-refractivity contribution in [1.82, 2.24) is 0 Å². The van der Waals surface area contributed by atoms with Crippen LogP contribution >= 0.6 is 11.6 Å². The molecule has 0 saturated heterocycles. The molecule has 1 aliphatic carbocycles. The Morgan fingerprint density at radius 3 is 2.59 bits per heavy atom. The van der Waals surface area contributed by atoms with E-state index in [1.807, 2.05) is 0 Å². The fourth-order valence-electron chi connectivity index (χ4n) is 3.36. The molecule has 0 bridgehead atoms. The maximum absolute atomic E-state index is 13.7. The van der Waals surface area contributed by atoms with Crippen LogP contribution in [-0.4, -0.2) is 45.2 Å². The zero-order chi connectivity index (χ0) is 24.1. The standard InChI is InChI=1S/C21H25ClFNO7S/c1-4-31-21(27)15-7-5-6-8-18(15)32(28,29)24(17-10-9-14(23)12-16(17)22)20(26)13(2)11-19(25)30-3/h7,9-10,12-13,18H,4-6,8,11H2,1-3H3/t13-,18?/m1/s1. The largest absolute Gasteiger partial charge is 0.469 e. The van der Waals surface area contributed by atoms with E-state index in [1.54, 1.807) is 6.92 Å². The highest BCUT2D eigenvalue weighted by Crippen LogP contribution is 2.36. The lowest BCUT2D eigenvalue weighted by atomic mass is 9.99. The Morgan fingerprint density at radius 2 is 2.00 bits per heavy atom. The van der Waals surface area contributed by atoms with Gasteiger partial charge in [0.25, 0.3) is 0 Å². The maximum atomic E-state index is 13.7. The Kier molecular flexibility index (Phi) is 8.80. The van der Waals surface area contributed by atoms with Crippen molar-refractivity contribution in [2.75, 3.05) is 18.0 Å². The van der Waals surface area contributed by atoms with Crippen LogP contribution in [0.3, 0.4) is 0 Å². The number of carbonyl (C=O) groups excluding carboxylic acids is 3. The van der Waals surface area contributed by atoms with Crippen molar-refractivity contribution in [2.45, 2.75) is 44.8 Å². The minimum Gasteiger partial charge on any atom is -0.469 e. The Bertz CT molecular complexity index is 1020. The van der Waals surface area contributed by atoms with E-state index < -0.39 is 44.9 Å². The second kappa shape index (κ2) is 10.9. The SMILES string of the molecule is CCOC(=O)C1=CCCCC1S(=O)(=O)N(C(=O)[C@H](C)CC(=O)OC)c1ccc(F)cc1Cl. The number of amides is 1. The van der Waals surface area contributed by atoms with Gasteiger partial charge >= 0.3 is 11.9 Å². The number of carbonyl (C=O) groups is 3. The minimum absolute atomic E-state index is 0.0472. The highest BCUT2D eigenvalue weighted by molar-refractivity contribution is 7.94. The Morgan fingerprint density at radius 1 is 1.31 bits per heavy atom. The van der Waals surface area contributed by atoms with Crippen LogP contribution in [0.5, 0.6) is 0 Å². The molecule has 1 aromatic carbocycles. The van der Waals surface area contributed by atoms with Crippen LogP contribution in [0, 0.1) is 11.7 Å². The van der Waals surface area contributed by atoms with Crippen molar-refractivity contribution in [1.29, 1.82) is 0 Å². The molecule has 11 heteroatoms. The molecule has 1 aromatic rings. The number of rotatable bonds is 8. The molecule has 0 aromatic heterocycles. The average Bonchev–Trinajstić information content (AvgIpc) is 2.75. The first-order valence-electron chi connectivity index (χ1n) is 10.0. The Labute approximate surface area is 191 Å². The van der Waals surface area contributed by atoms with Crippen LogP contribution in [0.25, 0.3) is 0 Å². The van der Waals surface area contributed by atoms with E-state index >= 15 is 0 Å². The van der Waals surface area contributed by atoms with Gasteiger partial charge in [-0.3, -0.25) is 9.59 Å². The molecule has 0 saturated carbocycles. The monoisotopic (exact) mass is 489 g/mol. The lowest BCUT2D eigenvalue weighted by Gasteiger charge is -2.32. The normalized spacial score (nSPS) is 17.2. The van der Waals surface area contributed by atoms with Crippen molar-refractivity contribution in [2.24, 2.45) is 5.92 Å². The number of allylic oxidation sites excluding steroid dienone is 1. The lowest BCUT2D eigenvalue weighted by Crippen LogP contribution is -2.47. The average molecular weight is 490 g/mol. The van der Waals surface area contributed by atoms with Crippen molar-refractivity contribution in [3.63, 3.8) is 0 Å². The van der Waals surface area contributed by atoms with E-state index in [1.165, 1.54) is 13.0 Å². The first-order chi connectivity index (χ1) is 15.0. The third-order valence-electron chi connectivity index (χ3n) is 4.96. The number of anilines is 1. The third kappa shape index (κ3) is 5.66. The zero-order valence-corrected chi connectivity index (χ0v) is 19.5. The summed E-state index contributed by atoms with van der Waals surface area (Å²) in [5, 5.41) is -1.68. The van der Waals surface area contributed by atoms with Gasteiger partial charge in [-0.05, 0) is 44.4 Å². The van der Waals surface area contributed by atoms with Crippen molar-refractivity contribution in [3.8, 4) is 0 Å². The predicted molar refractivity (Wildman–Crippen MR) is 116 cm³/mol. The second-order valence-electron chi connectivity index (χ2n) is 7.22. The molecular weight excluding hydrogens is 465 g/mol. The molecule has 0 aliphatic heterocycles. The number of hydrogen-bond acceptors (Lipinski definition) is 7. The Balaban J connectivity index is 2.60. The summed E-state index contributed by atoms with van der Waals surface area (Å²) in [6.45, 7) is 3.00. The molecule has 8 nitrogen and oxygen atoms in total. The zero-order valence-electron chi connectivity index (χ0n) is 18.0. The van der Waals surface area contributed by atoms with Crippen LogP contribution in [0.4, 0.5) is 10.1 Å². The Hall–Kier alpha value is -2.46. The van der Waals surface area contributed by atoms with E-state index in [4.69, 9.17) is 16.3 Å². The van der Waals surface area contributed by atoms with Crippen molar-refractivity contribution >= 4 is 45.2 Å². The molecule has 1 amide bonds. The van der Waals surface area contributed by atoms with Gasteiger partial charge in [0.05, 0.1) is 36.4 Å². The number of benzene rings is 1. The topological polar surface area (TPSA) is 107 Å². The van der Waals surface area contributed by atoms with E-state index in [-0.39, 0.29) is 35.7 Å². The molecule has 0 fully saturated rings. The number of nitrogens with zero attached hydrogens (tertiary/aromatic N) is 1. The summed E-state index contributed by atoms with van der Waals surface area (Å²) in [6, 6.07) is 2.90. The summed E-state index contributed by atoms with van der Waals surface area (Å²) in [4.78, 5) is 37.4. The van der Waals surface area contributed by atoms with Gasteiger partial charge in [0.15, 0.2) is 0 Å². The number of sulfonamides is 1. The first-order valence-corrected chi connectivity index (χ1v) is 11.9. The summed E-state index contributed by atoms with van der Waals surface area (Å²) < 4.78 is 51.1. The van der Waals surface area contributed by atoms with E-state index in [0.29, 0.717) is 17.1 Å². The molecule has 2 rings (SSSR count). The summed E-state index contributed by atoms with van der Waals surface area (Å²) in [6.07, 6.45) is 2.11. The lowest BCUT2D eigenvalue weighted by molar-refractivity contribution is -0.143. The smallest absolute Gasteiger partial charge is 0.335 e. The van der Waals surface area contributed by atoms with Crippen LogP contribution in [0.15, 0.2) is 29.8 Å². The van der Waals surface area contributed by atoms with E-state index in [9.17, 15) is 27.2 Å². The number of ether oxygens (including phenoxy) is 2. The van der Waals surface area contributed by atoms with Crippen LogP contribution < -0.4 is 4.31 Å². The first kappa shape index (κ1) is 25.8. The maximum Gasteiger partial charge on any atom is 0.335 e. The van der Waals surface area contributed by atoms with Gasteiger partial charge in [-0.25, -0.2) is 21.9 Å². The van der Waals surface area contributed by atoms with E-state index in [2.05, 4.69) is 4.74 Å². The molecule has 1 aliphatic rings. The predicted octanol–water partition coefficient (Wildman–Crippen LogP) is 3.38. The number of halogens is 2. The molecule has 32 heavy (non-hydrogen) atoms. The van der Waals surface area contributed by atoms with E-state index in [0.717, 1.165) is 25.3 Å². The molecule has 0 radical (unpaired) electrons. The third-order valence-corrected chi connectivity index (χ3v) is 7.35. The molecule has 176 valence electrons. The minimum atomic E-state index is -4.56. The van der Waals surface area contributed by atoms with Crippen molar-refractivity contribution in [3.05, 3.63) is 40.7 Å². The summed E-state index contributed by atoms with van der Waals surface area (Å²) in [5.74, 6) is -4.29. The van der Waals surface area contributed by atoms with Crippen molar-refractivity contribution < 1.29 is 36.7 Å². The van der Waals surface area contributed by atoms with Gasteiger partial charge in [-0.2, -0.15) is 0 Å². The number of esters is 2. The van der Waals surface area contributed by atoms with Gasteiger partial charge in [0.1, 0.15) is 11.1 Å². The van der Waals surface area contributed by atoms with Gasteiger partial charge in [-0.1, -0.05) is 24.6 Å². The summed E-state index contributed by atoms with van der Waals surface area (Å²) in [5.41, 5.74) is -0.349. The molecular formula is C21H25ClFNO7S. The fraction of sp³-hybridized carbons (Fsp3) is 0.476. The molecule has 0 N–H and O–H groups in total.